The van der Waals surface area contributed by atoms with E-state index in [1.807, 2.05) is 18.2 Å². The maximum Gasteiger partial charge on any atom is 0.231 e. The first kappa shape index (κ1) is 9.76. The summed E-state index contributed by atoms with van der Waals surface area (Å²) in [5, 5.41) is 0. The quantitative estimate of drug-likeness (QED) is 0.770. The second kappa shape index (κ2) is 3.63. The average molecular weight is 241 g/mol. The van der Waals surface area contributed by atoms with Crippen molar-refractivity contribution in [3.63, 3.8) is 0 Å². The highest BCUT2D eigenvalue weighted by Crippen LogP contribution is 2.36. The van der Waals surface area contributed by atoms with Crippen LogP contribution in [0, 0.1) is 0 Å². The van der Waals surface area contributed by atoms with Crippen molar-refractivity contribution in [1.82, 2.24) is 0 Å². The van der Waals surface area contributed by atoms with Crippen LogP contribution in [0.2, 0.25) is 0 Å². The first-order valence-electron chi connectivity index (χ1n) is 5.93. The average Bonchev–Trinajstić information content (AvgIpc) is 3.06. The molecular weight excluding hydrogens is 230 g/mol. The summed E-state index contributed by atoms with van der Waals surface area (Å²) in [6.07, 6.45) is 2.59. The predicted octanol–water partition coefficient (Wildman–Crippen LogP) is 2.40. The molecule has 0 atom stereocenters. The zero-order valence-corrected chi connectivity index (χ0v) is 9.68. The first-order valence-corrected chi connectivity index (χ1v) is 5.93. The van der Waals surface area contributed by atoms with E-state index in [0.717, 1.165) is 41.5 Å². The molecule has 0 N–H and O–H groups in total. The normalized spacial score (nSPS) is 16.3. The molecule has 0 saturated carbocycles. The van der Waals surface area contributed by atoms with Gasteiger partial charge in [0.15, 0.2) is 17.3 Å². The van der Waals surface area contributed by atoms with Crippen LogP contribution in [0.25, 0.3) is 0 Å². The molecule has 1 aromatic carbocycles. The summed E-state index contributed by atoms with van der Waals surface area (Å²) in [7, 11) is 0. The van der Waals surface area contributed by atoms with Crippen LogP contribution in [-0.4, -0.2) is 19.0 Å². The minimum Gasteiger partial charge on any atom is -0.463 e. The molecule has 90 valence electrons. The van der Waals surface area contributed by atoms with E-state index in [2.05, 4.69) is 11.1 Å². The summed E-state index contributed by atoms with van der Waals surface area (Å²) in [5.41, 5.74) is 3.22. The van der Waals surface area contributed by atoms with Crippen LogP contribution in [0.5, 0.6) is 11.5 Å². The van der Waals surface area contributed by atoms with Gasteiger partial charge in [-0.25, -0.2) is 0 Å². The van der Waals surface area contributed by atoms with E-state index in [9.17, 15) is 0 Å². The molecule has 0 bridgehead atoms. The maximum absolute atomic E-state index is 5.45. The van der Waals surface area contributed by atoms with E-state index >= 15 is 0 Å². The molecule has 0 amide bonds. The van der Waals surface area contributed by atoms with Crippen molar-refractivity contribution in [2.45, 2.75) is 6.42 Å². The Morgan fingerprint density at radius 3 is 2.83 bits per heavy atom. The number of hydrogen-bond donors (Lipinski definition) is 0. The van der Waals surface area contributed by atoms with Gasteiger partial charge in [0.1, 0.15) is 5.71 Å². The SMILES string of the molecule is c1coc(C2=NCCc3cc4c(cc32)OCO4)c1. The van der Waals surface area contributed by atoms with Crippen LogP contribution in [0.3, 0.4) is 0 Å². The van der Waals surface area contributed by atoms with Crippen molar-refractivity contribution in [2.24, 2.45) is 4.99 Å². The van der Waals surface area contributed by atoms with Gasteiger partial charge in [-0.15, -0.1) is 0 Å². The molecule has 2 aliphatic rings. The Kier molecular flexibility index (Phi) is 1.97. The fourth-order valence-electron chi connectivity index (χ4n) is 2.41. The standard InChI is InChI=1S/C14H11NO3/c1-2-11(16-5-1)14-10-7-13-12(17-8-18-13)6-9(10)3-4-15-14/h1-2,5-7H,3-4,8H2. The Balaban J connectivity index is 1.89. The fraction of sp³-hybridized carbons (Fsp3) is 0.214. The highest BCUT2D eigenvalue weighted by molar-refractivity contribution is 6.13. The van der Waals surface area contributed by atoms with Gasteiger partial charge in [-0.05, 0) is 36.2 Å². The summed E-state index contributed by atoms with van der Waals surface area (Å²) < 4.78 is 16.3. The Hall–Kier alpha value is -2.23. The number of nitrogens with zero attached hydrogens (tertiary/aromatic N) is 1. The van der Waals surface area contributed by atoms with Gasteiger partial charge in [0.05, 0.1) is 6.26 Å². The highest BCUT2D eigenvalue weighted by atomic mass is 16.7. The van der Waals surface area contributed by atoms with E-state index in [1.165, 1.54) is 5.56 Å². The lowest BCUT2D eigenvalue weighted by atomic mass is 9.95. The van der Waals surface area contributed by atoms with Crippen LogP contribution in [0.1, 0.15) is 16.9 Å². The van der Waals surface area contributed by atoms with Crippen LogP contribution in [0.4, 0.5) is 0 Å². The molecule has 18 heavy (non-hydrogen) atoms. The Morgan fingerprint density at radius 1 is 1.11 bits per heavy atom. The molecule has 4 heteroatoms. The molecule has 0 fully saturated rings. The lowest BCUT2D eigenvalue weighted by Gasteiger charge is -2.16. The number of fused-ring (bicyclic) bond motifs is 2. The predicted molar refractivity (Wildman–Crippen MR) is 65.5 cm³/mol. The van der Waals surface area contributed by atoms with E-state index in [-0.39, 0.29) is 0 Å². The van der Waals surface area contributed by atoms with Crippen molar-refractivity contribution in [1.29, 1.82) is 0 Å². The zero-order valence-electron chi connectivity index (χ0n) is 9.68. The summed E-state index contributed by atoms with van der Waals surface area (Å²) in [5.74, 6) is 2.42. The zero-order chi connectivity index (χ0) is 11.9. The number of rotatable bonds is 1. The van der Waals surface area contributed by atoms with Crippen molar-refractivity contribution >= 4 is 5.71 Å². The molecule has 2 aliphatic heterocycles. The topological polar surface area (TPSA) is 44.0 Å². The van der Waals surface area contributed by atoms with Crippen molar-refractivity contribution in [3.05, 3.63) is 47.4 Å². The van der Waals surface area contributed by atoms with Gasteiger partial charge in [-0.1, -0.05) is 0 Å². The smallest absolute Gasteiger partial charge is 0.231 e. The minimum atomic E-state index is 0.297. The molecule has 1 aromatic heterocycles. The fourth-order valence-corrected chi connectivity index (χ4v) is 2.41. The van der Waals surface area contributed by atoms with Gasteiger partial charge in [-0.2, -0.15) is 0 Å². The summed E-state index contributed by atoms with van der Waals surface area (Å²) in [4.78, 5) is 4.57. The van der Waals surface area contributed by atoms with Crippen LogP contribution in [0.15, 0.2) is 39.9 Å². The number of ether oxygens (including phenoxy) is 2. The largest absolute Gasteiger partial charge is 0.463 e. The second-order valence-corrected chi connectivity index (χ2v) is 4.32. The van der Waals surface area contributed by atoms with E-state index in [0.29, 0.717) is 6.79 Å². The van der Waals surface area contributed by atoms with E-state index in [4.69, 9.17) is 13.9 Å². The Bertz CT molecular complexity index is 629. The lowest BCUT2D eigenvalue weighted by molar-refractivity contribution is 0.174. The molecule has 4 rings (SSSR count). The monoisotopic (exact) mass is 241 g/mol. The minimum absolute atomic E-state index is 0.297. The molecular formula is C14H11NO3. The highest BCUT2D eigenvalue weighted by Gasteiger charge is 2.23. The number of hydrogen-bond acceptors (Lipinski definition) is 4. The van der Waals surface area contributed by atoms with Crippen LogP contribution in [-0.2, 0) is 6.42 Å². The molecule has 0 aliphatic carbocycles. The number of furan rings is 1. The molecule has 0 unspecified atom stereocenters. The van der Waals surface area contributed by atoms with Gasteiger partial charge < -0.3 is 13.9 Å². The Morgan fingerprint density at radius 2 is 2.00 bits per heavy atom. The van der Waals surface area contributed by atoms with Crippen LogP contribution < -0.4 is 9.47 Å². The lowest BCUT2D eigenvalue weighted by Crippen LogP contribution is -2.13. The van der Waals surface area contributed by atoms with Gasteiger partial charge in [0, 0.05) is 12.1 Å². The number of aliphatic imine (C=N–C) groups is 1. The first-order chi connectivity index (χ1) is 8.92. The van der Waals surface area contributed by atoms with Crippen molar-refractivity contribution in [2.75, 3.05) is 13.3 Å². The van der Waals surface area contributed by atoms with Gasteiger partial charge >= 0.3 is 0 Å². The third kappa shape index (κ3) is 1.35. The third-order valence-electron chi connectivity index (χ3n) is 3.26. The number of benzene rings is 1. The van der Waals surface area contributed by atoms with Crippen LogP contribution >= 0.6 is 0 Å². The van der Waals surface area contributed by atoms with E-state index < -0.39 is 0 Å². The molecule has 0 saturated heterocycles. The van der Waals surface area contributed by atoms with Gasteiger partial charge in [0.2, 0.25) is 6.79 Å². The molecule has 4 nitrogen and oxygen atoms in total. The maximum atomic E-state index is 5.45. The summed E-state index contributed by atoms with van der Waals surface area (Å²) >= 11 is 0. The molecule has 3 heterocycles. The molecule has 0 radical (unpaired) electrons. The molecule has 2 aromatic rings. The van der Waals surface area contributed by atoms with Gasteiger partial charge in [0.25, 0.3) is 0 Å². The second-order valence-electron chi connectivity index (χ2n) is 4.32. The van der Waals surface area contributed by atoms with Gasteiger partial charge in [-0.3, -0.25) is 4.99 Å². The Labute approximate surface area is 104 Å². The van der Waals surface area contributed by atoms with Crippen molar-refractivity contribution in [3.8, 4) is 11.5 Å². The third-order valence-corrected chi connectivity index (χ3v) is 3.26. The summed E-state index contributed by atoms with van der Waals surface area (Å²) in [6, 6.07) is 7.85. The summed E-state index contributed by atoms with van der Waals surface area (Å²) in [6.45, 7) is 1.08. The molecule has 0 spiro atoms. The van der Waals surface area contributed by atoms with Crippen molar-refractivity contribution < 1.29 is 13.9 Å². The van der Waals surface area contributed by atoms with E-state index in [1.54, 1.807) is 6.26 Å².